The molecule has 0 aromatic heterocycles. The summed E-state index contributed by atoms with van der Waals surface area (Å²) in [6.45, 7) is 4.37. The Balaban J connectivity index is 1.50. The van der Waals surface area contributed by atoms with E-state index >= 15 is 0 Å². The second-order valence-electron chi connectivity index (χ2n) is 14.0. The summed E-state index contributed by atoms with van der Waals surface area (Å²) in [5.41, 5.74) is 4.91. The number of amides is 1. The van der Waals surface area contributed by atoms with Crippen molar-refractivity contribution in [3.05, 3.63) is 103 Å². The monoisotopic (exact) mass is 724 g/mol. The molecule has 0 radical (unpaired) electrons. The number of likely N-dealkylation sites (N-methyl/N-ethyl adjacent to an activating group) is 1. The van der Waals surface area contributed by atoms with E-state index in [0.717, 1.165) is 53.7 Å². The van der Waals surface area contributed by atoms with Gasteiger partial charge in [0.2, 0.25) is 5.79 Å². The number of nitrogens with zero attached hydrogens (tertiary/aromatic N) is 2. The molecule has 1 heterocycles. The number of carbonyl (C=O) groups is 1. The molecule has 2 N–H and O–H groups in total. The molecule has 0 bridgehead atoms. The largest absolute Gasteiger partial charge is 0.459 e. The number of oxime groups is 1. The summed E-state index contributed by atoms with van der Waals surface area (Å²) in [5.74, 6) is 0.397. The van der Waals surface area contributed by atoms with Crippen LogP contribution in [0, 0.1) is 17.8 Å². The van der Waals surface area contributed by atoms with Gasteiger partial charge in [-0.25, -0.2) is 4.79 Å². The molecule has 0 saturated heterocycles. The third-order valence-corrected chi connectivity index (χ3v) is 11.0. The topological polar surface area (TPSA) is 119 Å². The van der Waals surface area contributed by atoms with Crippen LogP contribution in [0.2, 0.25) is 0 Å². The molecule has 6 unspecified atom stereocenters. The van der Waals surface area contributed by atoms with Crippen molar-refractivity contribution < 1.29 is 38.8 Å². The Kier molecular flexibility index (Phi) is 12.5. The van der Waals surface area contributed by atoms with Crippen LogP contribution in [0.3, 0.4) is 0 Å². The third-order valence-electron chi connectivity index (χ3n) is 11.0. The fraction of sp³-hybridized carbons (Fsp3) is 0.442. The van der Waals surface area contributed by atoms with Gasteiger partial charge >= 0.3 is 6.09 Å². The minimum Gasteiger partial charge on any atom is -0.459 e. The summed E-state index contributed by atoms with van der Waals surface area (Å²) < 4.78 is 25.7. The van der Waals surface area contributed by atoms with Crippen LogP contribution in [0.5, 0.6) is 17.2 Å². The quantitative estimate of drug-likeness (QED) is 0.0865. The number of aliphatic hydroxyl groups excluding tert-OH is 2. The molecule has 1 saturated carbocycles. The van der Waals surface area contributed by atoms with Crippen molar-refractivity contribution in [1.29, 1.82) is 0 Å². The highest BCUT2D eigenvalue weighted by Crippen LogP contribution is 2.62. The van der Waals surface area contributed by atoms with E-state index in [1.807, 2.05) is 42.5 Å². The number of carbonyl (C=O) groups excluding carboxylic acids is 1. The van der Waals surface area contributed by atoms with Crippen molar-refractivity contribution in [3.63, 3.8) is 0 Å². The van der Waals surface area contributed by atoms with Crippen LogP contribution in [-0.2, 0) is 14.3 Å². The summed E-state index contributed by atoms with van der Waals surface area (Å²) in [4.78, 5) is 20.2. The zero-order valence-corrected chi connectivity index (χ0v) is 31.0. The molecule has 2 aliphatic carbocycles. The average Bonchev–Trinajstić information content (AvgIpc) is 3.19. The number of rotatable bonds is 16. The van der Waals surface area contributed by atoms with E-state index in [-0.39, 0.29) is 37.6 Å². The second kappa shape index (κ2) is 17.5. The molecule has 10 heteroatoms. The molecule has 0 spiro atoms. The first kappa shape index (κ1) is 38.1. The first-order chi connectivity index (χ1) is 25.9. The number of benzene rings is 3. The van der Waals surface area contributed by atoms with Crippen LogP contribution < -0.4 is 9.47 Å². The van der Waals surface area contributed by atoms with E-state index in [1.54, 1.807) is 13.1 Å². The van der Waals surface area contributed by atoms with Crippen LogP contribution in [0.25, 0.3) is 11.1 Å². The van der Waals surface area contributed by atoms with Crippen LogP contribution >= 0.6 is 0 Å². The minimum absolute atomic E-state index is 0.106. The maximum atomic E-state index is 13.2. The molecule has 282 valence electrons. The Labute approximate surface area is 312 Å². The van der Waals surface area contributed by atoms with E-state index in [4.69, 9.17) is 23.8 Å². The second-order valence-corrected chi connectivity index (χ2v) is 14.0. The van der Waals surface area contributed by atoms with Gasteiger partial charge in [-0.2, -0.15) is 0 Å². The van der Waals surface area contributed by atoms with Gasteiger partial charge in [0.15, 0.2) is 0 Å². The number of hydrogen-bond donors (Lipinski definition) is 2. The molecule has 1 amide bonds. The van der Waals surface area contributed by atoms with Crippen LogP contribution in [0.1, 0.15) is 56.4 Å². The molecule has 6 atom stereocenters. The first-order valence-electron chi connectivity index (χ1n) is 18.6. The summed E-state index contributed by atoms with van der Waals surface area (Å²) in [6, 6.07) is 23.6. The lowest BCUT2D eigenvalue weighted by atomic mass is 9.55. The molecule has 1 fully saturated rings. The normalized spacial score (nSPS) is 25.0. The van der Waals surface area contributed by atoms with Gasteiger partial charge in [-0.1, -0.05) is 72.6 Å². The van der Waals surface area contributed by atoms with Gasteiger partial charge in [0.1, 0.15) is 30.4 Å². The zero-order chi connectivity index (χ0) is 37.4. The number of aliphatic hydroxyl groups is 2. The van der Waals surface area contributed by atoms with Gasteiger partial charge in [0.25, 0.3) is 0 Å². The maximum absolute atomic E-state index is 13.2. The summed E-state index contributed by atoms with van der Waals surface area (Å²) in [7, 11) is 4.59. The molecule has 1 aliphatic heterocycles. The lowest BCUT2D eigenvalue weighted by molar-refractivity contribution is -0.253. The van der Waals surface area contributed by atoms with Gasteiger partial charge < -0.3 is 38.9 Å². The Morgan fingerprint density at radius 1 is 0.962 bits per heavy atom. The van der Waals surface area contributed by atoms with Crippen molar-refractivity contribution in [1.82, 2.24) is 4.90 Å². The Hall–Kier alpha value is -4.64. The van der Waals surface area contributed by atoms with E-state index < -0.39 is 23.8 Å². The lowest BCUT2D eigenvalue weighted by Gasteiger charge is -2.59. The van der Waals surface area contributed by atoms with Crippen LogP contribution in [-0.4, -0.2) is 79.8 Å². The lowest BCUT2D eigenvalue weighted by Crippen LogP contribution is -2.69. The summed E-state index contributed by atoms with van der Waals surface area (Å²) >= 11 is 0. The van der Waals surface area contributed by atoms with Crippen molar-refractivity contribution in [2.75, 3.05) is 41.1 Å². The molecule has 6 rings (SSSR count). The van der Waals surface area contributed by atoms with E-state index in [2.05, 4.69) is 48.1 Å². The fourth-order valence-corrected chi connectivity index (χ4v) is 8.65. The Morgan fingerprint density at radius 3 is 2.34 bits per heavy atom. The van der Waals surface area contributed by atoms with Crippen molar-refractivity contribution in [2.45, 2.75) is 62.7 Å². The van der Waals surface area contributed by atoms with Gasteiger partial charge in [-0.05, 0) is 84.6 Å². The van der Waals surface area contributed by atoms with E-state index in [0.29, 0.717) is 36.5 Å². The smallest absolute Gasteiger partial charge is 0.409 e. The number of hydrogen-bond acceptors (Lipinski definition) is 9. The highest BCUT2D eigenvalue weighted by molar-refractivity contribution is 6.02. The number of unbranched alkanes of at least 4 members (excludes halogenated alkanes) is 2. The first-order valence-corrected chi connectivity index (χ1v) is 18.6. The number of fused-ring (bicyclic) bond motifs is 2. The zero-order valence-electron chi connectivity index (χ0n) is 31.0. The molecule has 10 nitrogen and oxygen atoms in total. The highest BCUT2D eigenvalue weighted by atomic mass is 16.7. The molecule has 53 heavy (non-hydrogen) atoms. The van der Waals surface area contributed by atoms with Gasteiger partial charge in [0.05, 0.1) is 25.3 Å². The SMILES string of the molecule is C=CCOC12Oc3ccc(Oc4ccc(-c5ccccc5)cc4)cc3C3C(CCCCO)C(CCCCO)C=C(C(=NOC)CC1N(C)C(=O)OC)C32. The molecular weight excluding hydrogens is 672 g/mol. The number of allylic oxidation sites excluding steroid dienone is 1. The molecular formula is C43H52N2O8. The van der Waals surface area contributed by atoms with Gasteiger partial charge in [0, 0.05) is 38.2 Å². The standard InChI is InChI=1S/C43H52N2O8/c1-5-25-51-43-39(45(2)42(48)49-3)28-37(44-50-4)35-26-31(15-9-11-23-46)34(16-10-12-24-47)40(41(35)43)36-27-33(21-22-38(36)53-43)52-32-19-17-30(18-20-32)29-13-7-6-8-14-29/h5-8,13-14,17-22,26-27,31,34,39-41,46-47H,1,9-12,15-16,23-25,28H2,2-4H3. The minimum atomic E-state index is -1.33. The summed E-state index contributed by atoms with van der Waals surface area (Å²) in [5, 5.41) is 24.1. The van der Waals surface area contributed by atoms with Crippen LogP contribution in [0.15, 0.2) is 102 Å². The number of methoxy groups -OCH3 is 1. The molecule has 3 aromatic rings. The third kappa shape index (κ3) is 7.86. The molecule has 3 aromatic carbocycles. The highest BCUT2D eigenvalue weighted by Gasteiger charge is 2.65. The van der Waals surface area contributed by atoms with Gasteiger partial charge in [-0.3, -0.25) is 0 Å². The summed E-state index contributed by atoms with van der Waals surface area (Å²) in [6.07, 6.45) is 8.56. The van der Waals surface area contributed by atoms with Gasteiger partial charge in [-0.15, -0.1) is 6.58 Å². The van der Waals surface area contributed by atoms with Crippen LogP contribution in [0.4, 0.5) is 4.79 Å². The number of ether oxygens (including phenoxy) is 4. The van der Waals surface area contributed by atoms with Crippen molar-refractivity contribution in [2.24, 2.45) is 22.9 Å². The Morgan fingerprint density at radius 2 is 1.66 bits per heavy atom. The van der Waals surface area contributed by atoms with E-state index in [1.165, 1.54) is 19.1 Å². The predicted octanol–water partition coefficient (Wildman–Crippen LogP) is 8.11. The predicted molar refractivity (Wildman–Crippen MR) is 204 cm³/mol. The van der Waals surface area contributed by atoms with Crippen molar-refractivity contribution >= 4 is 11.8 Å². The maximum Gasteiger partial charge on any atom is 0.409 e. The Bertz CT molecular complexity index is 1760. The average molecular weight is 725 g/mol. The van der Waals surface area contributed by atoms with Crippen molar-refractivity contribution in [3.8, 4) is 28.4 Å². The van der Waals surface area contributed by atoms with E-state index in [9.17, 15) is 15.0 Å². The molecule has 3 aliphatic rings. The fourth-order valence-electron chi connectivity index (χ4n) is 8.65.